The molecule has 1 aromatic rings. The number of pyridine rings is 1. The summed E-state index contributed by atoms with van der Waals surface area (Å²) in [5.74, 6) is -0.640. The van der Waals surface area contributed by atoms with Crippen molar-refractivity contribution in [2.75, 3.05) is 6.61 Å². The Morgan fingerprint density at radius 3 is 2.80 bits per heavy atom. The molecule has 1 fully saturated rings. The molecule has 0 saturated carbocycles. The lowest BCUT2D eigenvalue weighted by atomic mass is 10.2. The molecule has 2 heterocycles. The molecule has 78 valence electrons. The predicted octanol–water partition coefficient (Wildman–Crippen LogP) is 0.127. The fraction of sp³-hybridized carbons (Fsp3) is 0.300. The van der Waals surface area contributed by atoms with E-state index >= 15 is 0 Å². The first-order chi connectivity index (χ1) is 7.27. The average molecular weight is 206 g/mol. The Labute approximate surface area is 86.5 Å². The number of cyclic esters (lactones) is 1. The van der Waals surface area contributed by atoms with Crippen LogP contribution < -0.4 is 5.32 Å². The first-order valence-electron chi connectivity index (χ1n) is 4.65. The van der Waals surface area contributed by atoms with Gasteiger partial charge < -0.3 is 10.1 Å². The van der Waals surface area contributed by atoms with Gasteiger partial charge in [0.25, 0.3) is 5.91 Å². The number of ether oxygens (including phenoxy) is 1. The van der Waals surface area contributed by atoms with E-state index in [1.165, 1.54) is 12.4 Å². The van der Waals surface area contributed by atoms with E-state index in [1.54, 1.807) is 12.1 Å². The molecule has 1 N–H and O–H groups in total. The number of amides is 1. The number of nitrogens with one attached hydrogen (secondary N) is 1. The van der Waals surface area contributed by atoms with E-state index in [0.29, 0.717) is 18.6 Å². The van der Waals surface area contributed by atoms with Crippen molar-refractivity contribution in [3.8, 4) is 0 Å². The van der Waals surface area contributed by atoms with Crippen LogP contribution >= 0.6 is 0 Å². The van der Waals surface area contributed by atoms with Crippen molar-refractivity contribution in [3.05, 3.63) is 30.1 Å². The smallest absolute Gasteiger partial charge is 0.328 e. The van der Waals surface area contributed by atoms with Crippen molar-refractivity contribution < 1.29 is 14.3 Å². The van der Waals surface area contributed by atoms with Crippen LogP contribution in [-0.4, -0.2) is 29.5 Å². The fourth-order valence-corrected chi connectivity index (χ4v) is 1.37. The molecule has 0 spiro atoms. The summed E-state index contributed by atoms with van der Waals surface area (Å²) in [6, 6.07) is 2.68. The third-order valence-corrected chi connectivity index (χ3v) is 2.18. The quantitative estimate of drug-likeness (QED) is 0.698. The average Bonchev–Trinajstić information content (AvgIpc) is 2.66. The normalized spacial score (nSPS) is 19.7. The molecule has 0 aromatic carbocycles. The number of carbonyl (C=O) groups is 2. The van der Waals surface area contributed by atoms with Crippen LogP contribution in [0.2, 0.25) is 0 Å². The van der Waals surface area contributed by atoms with E-state index in [0.717, 1.165) is 0 Å². The lowest BCUT2D eigenvalue weighted by molar-refractivity contribution is -0.139. The highest BCUT2D eigenvalue weighted by molar-refractivity contribution is 5.96. The Kier molecular flexibility index (Phi) is 2.62. The number of esters is 1. The van der Waals surface area contributed by atoms with Crippen LogP contribution in [0.5, 0.6) is 0 Å². The van der Waals surface area contributed by atoms with Crippen LogP contribution in [0.4, 0.5) is 0 Å². The van der Waals surface area contributed by atoms with E-state index in [1.807, 2.05) is 0 Å². The maximum absolute atomic E-state index is 11.6. The number of carbonyl (C=O) groups excluding carboxylic acids is 2. The summed E-state index contributed by atoms with van der Waals surface area (Å²) in [4.78, 5) is 26.5. The Morgan fingerprint density at radius 1 is 1.47 bits per heavy atom. The van der Waals surface area contributed by atoms with Gasteiger partial charge in [-0.05, 0) is 12.1 Å². The molecule has 0 radical (unpaired) electrons. The van der Waals surface area contributed by atoms with E-state index in [2.05, 4.69) is 10.3 Å². The third-order valence-electron chi connectivity index (χ3n) is 2.18. The van der Waals surface area contributed by atoms with Crippen molar-refractivity contribution in [1.82, 2.24) is 10.3 Å². The standard InChI is InChI=1S/C10H10N2O3/c13-9(7-1-4-11-5-2-7)12-8-3-6-15-10(8)14/h1-2,4-5,8H,3,6H2,(H,12,13). The molecule has 1 aromatic heterocycles. The second kappa shape index (κ2) is 4.08. The number of hydrogen-bond acceptors (Lipinski definition) is 4. The number of nitrogens with zero attached hydrogens (tertiary/aromatic N) is 1. The molecule has 1 atom stereocenters. The Hall–Kier alpha value is -1.91. The molecule has 5 nitrogen and oxygen atoms in total. The molecule has 1 amide bonds. The van der Waals surface area contributed by atoms with Crippen molar-refractivity contribution in [1.29, 1.82) is 0 Å². The zero-order valence-electron chi connectivity index (χ0n) is 7.97. The van der Waals surface area contributed by atoms with Gasteiger partial charge in [0.05, 0.1) is 6.61 Å². The lowest BCUT2D eigenvalue weighted by Crippen LogP contribution is -2.37. The second-order valence-electron chi connectivity index (χ2n) is 3.22. The molecule has 1 unspecified atom stereocenters. The monoisotopic (exact) mass is 206 g/mol. The van der Waals surface area contributed by atoms with E-state index in [-0.39, 0.29) is 11.9 Å². The van der Waals surface area contributed by atoms with Crippen LogP contribution in [0.1, 0.15) is 16.8 Å². The summed E-state index contributed by atoms with van der Waals surface area (Å²) in [6.45, 7) is 0.375. The van der Waals surface area contributed by atoms with Gasteiger partial charge in [0.1, 0.15) is 6.04 Å². The topological polar surface area (TPSA) is 68.3 Å². The Balaban J connectivity index is 2.01. The maximum Gasteiger partial charge on any atom is 0.328 e. The zero-order valence-corrected chi connectivity index (χ0v) is 7.97. The number of hydrogen-bond donors (Lipinski definition) is 1. The number of rotatable bonds is 2. The van der Waals surface area contributed by atoms with Crippen molar-refractivity contribution in [2.24, 2.45) is 0 Å². The van der Waals surface area contributed by atoms with Gasteiger partial charge in [-0.1, -0.05) is 0 Å². The van der Waals surface area contributed by atoms with Gasteiger partial charge in [-0.2, -0.15) is 0 Å². The molecule has 1 aliphatic rings. The molecule has 1 saturated heterocycles. The lowest BCUT2D eigenvalue weighted by Gasteiger charge is -2.08. The summed E-state index contributed by atoms with van der Waals surface area (Å²) in [7, 11) is 0. The van der Waals surface area contributed by atoms with Gasteiger partial charge in [-0.15, -0.1) is 0 Å². The highest BCUT2D eigenvalue weighted by atomic mass is 16.5. The molecular formula is C10H10N2O3. The van der Waals surface area contributed by atoms with Gasteiger partial charge in [0.15, 0.2) is 0 Å². The summed E-state index contributed by atoms with van der Waals surface area (Å²) in [5.41, 5.74) is 0.490. The highest BCUT2D eigenvalue weighted by Gasteiger charge is 2.27. The summed E-state index contributed by atoms with van der Waals surface area (Å²) >= 11 is 0. The second-order valence-corrected chi connectivity index (χ2v) is 3.22. The Bertz CT molecular complexity index is 378. The minimum atomic E-state index is -0.509. The van der Waals surface area contributed by atoms with E-state index in [4.69, 9.17) is 4.74 Å². The molecule has 1 aliphatic heterocycles. The molecule has 5 heteroatoms. The van der Waals surface area contributed by atoms with E-state index < -0.39 is 6.04 Å². The minimum absolute atomic E-state index is 0.277. The molecule has 2 rings (SSSR count). The van der Waals surface area contributed by atoms with Gasteiger partial charge in [-0.3, -0.25) is 9.78 Å². The van der Waals surface area contributed by atoms with Gasteiger partial charge >= 0.3 is 5.97 Å². The van der Waals surface area contributed by atoms with Crippen LogP contribution in [-0.2, 0) is 9.53 Å². The molecule has 15 heavy (non-hydrogen) atoms. The first-order valence-corrected chi connectivity index (χ1v) is 4.65. The van der Waals surface area contributed by atoms with Gasteiger partial charge in [0.2, 0.25) is 0 Å². The molecule has 0 bridgehead atoms. The maximum atomic E-state index is 11.6. The summed E-state index contributed by atoms with van der Waals surface area (Å²) in [5, 5.41) is 2.60. The fourth-order valence-electron chi connectivity index (χ4n) is 1.37. The van der Waals surface area contributed by atoms with Crippen LogP contribution in [0.25, 0.3) is 0 Å². The zero-order chi connectivity index (χ0) is 10.7. The third kappa shape index (κ3) is 2.12. The van der Waals surface area contributed by atoms with Gasteiger partial charge in [-0.25, -0.2) is 4.79 Å². The largest absolute Gasteiger partial charge is 0.464 e. The SMILES string of the molecule is O=C(NC1CCOC1=O)c1ccncc1. The van der Waals surface area contributed by atoms with Crippen LogP contribution in [0.15, 0.2) is 24.5 Å². The van der Waals surface area contributed by atoms with Crippen molar-refractivity contribution >= 4 is 11.9 Å². The molecule has 0 aliphatic carbocycles. The molecular weight excluding hydrogens is 196 g/mol. The highest BCUT2D eigenvalue weighted by Crippen LogP contribution is 2.07. The Morgan fingerprint density at radius 2 is 2.20 bits per heavy atom. The summed E-state index contributed by atoms with van der Waals surface area (Å²) in [6.07, 6.45) is 3.60. The predicted molar refractivity (Wildman–Crippen MR) is 51.1 cm³/mol. The summed E-state index contributed by atoms with van der Waals surface area (Å²) < 4.78 is 4.74. The van der Waals surface area contributed by atoms with Crippen LogP contribution in [0.3, 0.4) is 0 Å². The first kappa shape index (κ1) is 9.64. The van der Waals surface area contributed by atoms with E-state index in [9.17, 15) is 9.59 Å². The van der Waals surface area contributed by atoms with Crippen molar-refractivity contribution in [3.63, 3.8) is 0 Å². The van der Waals surface area contributed by atoms with Crippen LogP contribution in [0, 0.1) is 0 Å². The minimum Gasteiger partial charge on any atom is -0.464 e. The van der Waals surface area contributed by atoms with Crippen molar-refractivity contribution in [2.45, 2.75) is 12.5 Å². The number of aromatic nitrogens is 1. The van der Waals surface area contributed by atoms with Gasteiger partial charge in [0, 0.05) is 24.4 Å².